The van der Waals surface area contributed by atoms with Crippen molar-refractivity contribution < 1.29 is 14.1 Å². The van der Waals surface area contributed by atoms with Gasteiger partial charge in [-0.2, -0.15) is 4.98 Å². The molecule has 6 nitrogen and oxygen atoms in total. The summed E-state index contributed by atoms with van der Waals surface area (Å²) in [7, 11) is 0. The van der Waals surface area contributed by atoms with Gasteiger partial charge in [0.1, 0.15) is 0 Å². The first-order valence-electron chi connectivity index (χ1n) is 8.52. The number of hydrogen-bond acceptors (Lipinski definition) is 6. The van der Waals surface area contributed by atoms with E-state index in [-0.39, 0.29) is 5.97 Å². The quantitative estimate of drug-likeness (QED) is 0.496. The number of hydrogen-bond donors (Lipinski definition) is 0. The summed E-state index contributed by atoms with van der Waals surface area (Å²) in [5.74, 6) is 0.736. The molecule has 0 N–H and O–H groups in total. The highest BCUT2D eigenvalue weighted by Crippen LogP contribution is 2.18. The largest absolute Gasteiger partial charge is 0.462 e. The van der Waals surface area contributed by atoms with Crippen LogP contribution in [0.3, 0.4) is 0 Å². The fourth-order valence-electron chi connectivity index (χ4n) is 2.93. The zero-order chi connectivity index (χ0) is 18.5. The Labute approximate surface area is 152 Å². The minimum Gasteiger partial charge on any atom is -0.462 e. The second-order valence-electron chi connectivity index (χ2n) is 6.27. The molecule has 26 heavy (non-hydrogen) atoms. The van der Waals surface area contributed by atoms with E-state index in [2.05, 4.69) is 15.1 Å². The van der Waals surface area contributed by atoms with Crippen molar-refractivity contribution in [3.63, 3.8) is 0 Å². The fraction of sp³-hybridized carbons (Fsp3) is 0.300. The van der Waals surface area contributed by atoms with Crippen LogP contribution in [0.5, 0.6) is 0 Å². The smallest absolute Gasteiger partial charge is 0.338 e. The first-order valence-corrected chi connectivity index (χ1v) is 8.52. The van der Waals surface area contributed by atoms with Crippen LogP contribution in [0.15, 0.2) is 41.2 Å². The van der Waals surface area contributed by atoms with Gasteiger partial charge in [-0.3, -0.25) is 4.98 Å². The summed E-state index contributed by atoms with van der Waals surface area (Å²) in [5.41, 5.74) is 4.46. The van der Waals surface area contributed by atoms with Gasteiger partial charge in [0.2, 0.25) is 11.7 Å². The van der Waals surface area contributed by atoms with Gasteiger partial charge in [0, 0.05) is 24.4 Å². The molecule has 0 amide bonds. The molecule has 0 bridgehead atoms. The first kappa shape index (κ1) is 17.8. The fourth-order valence-corrected chi connectivity index (χ4v) is 2.93. The molecule has 0 aliphatic rings. The lowest BCUT2D eigenvalue weighted by atomic mass is 10.00. The highest BCUT2D eigenvalue weighted by atomic mass is 16.5. The summed E-state index contributed by atoms with van der Waals surface area (Å²) < 4.78 is 10.6. The van der Waals surface area contributed by atoms with Crippen molar-refractivity contribution in [2.24, 2.45) is 0 Å². The van der Waals surface area contributed by atoms with E-state index in [4.69, 9.17) is 9.26 Å². The number of carbonyl (C=O) groups excluding carboxylic acids is 1. The standard InChI is InChI=1S/C20H21N3O3/c1-13-10-14(2)18(15(3)11-13)20(24)25-9-5-7-17-22-19(23-26-17)16-6-4-8-21-12-16/h4,6,8,10-12H,5,7,9H2,1-3H3. The van der Waals surface area contributed by atoms with Crippen molar-refractivity contribution in [1.82, 2.24) is 15.1 Å². The average Bonchev–Trinajstić information content (AvgIpc) is 3.07. The van der Waals surface area contributed by atoms with Crippen LogP contribution >= 0.6 is 0 Å². The molecular formula is C20H21N3O3. The summed E-state index contributed by atoms with van der Waals surface area (Å²) >= 11 is 0. The van der Waals surface area contributed by atoms with Crippen LogP contribution in [-0.2, 0) is 11.2 Å². The number of ether oxygens (including phenoxy) is 1. The Morgan fingerprint density at radius 1 is 1.19 bits per heavy atom. The van der Waals surface area contributed by atoms with E-state index >= 15 is 0 Å². The molecule has 0 radical (unpaired) electrons. The summed E-state index contributed by atoms with van der Waals surface area (Å²) in [6, 6.07) is 7.67. The normalized spacial score (nSPS) is 10.7. The Kier molecular flexibility index (Phi) is 5.41. The summed E-state index contributed by atoms with van der Waals surface area (Å²) in [5, 5.41) is 3.95. The van der Waals surface area contributed by atoms with Crippen LogP contribution < -0.4 is 0 Å². The maximum atomic E-state index is 12.3. The lowest BCUT2D eigenvalue weighted by molar-refractivity contribution is 0.0496. The molecule has 2 aromatic heterocycles. The van der Waals surface area contributed by atoms with Crippen molar-refractivity contribution in [1.29, 1.82) is 0 Å². The molecule has 0 atom stereocenters. The number of nitrogens with zero attached hydrogens (tertiary/aromatic N) is 3. The molecule has 0 aliphatic carbocycles. The second-order valence-corrected chi connectivity index (χ2v) is 6.27. The number of carbonyl (C=O) groups is 1. The van der Waals surface area contributed by atoms with Gasteiger partial charge < -0.3 is 9.26 Å². The Morgan fingerprint density at radius 2 is 1.96 bits per heavy atom. The van der Waals surface area contributed by atoms with Crippen LogP contribution in [0.1, 0.15) is 39.4 Å². The monoisotopic (exact) mass is 351 g/mol. The zero-order valence-corrected chi connectivity index (χ0v) is 15.2. The third kappa shape index (κ3) is 4.14. The van der Waals surface area contributed by atoms with Crippen molar-refractivity contribution >= 4 is 5.97 Å². The summed E-state index contributed by atoms with van der Waals surface area (Å²) in [4.78, 5) is 20.7. The third-order valence-corrected chi connectivity index (χ3v) is 4.04. The topological polar surface area (TPSA) is 78.1 Å². The van der Waals surface area contributed by atoms with Gasteiger partial charge in [-0.1, -0.05) is 22.9 Å². The summed E-state index contributed by atoms with van der Waals surface area (Å²) in [6.07, 6.45) is 4.54. The van der Waals surface area contributed by atoms with Gasteiger partial charge in [0.15, 0.2) is 0 Å². The predicted molar refractivity (Wildman–Crippen MR) is 96.8 cm³/mol. The van der Waals surface area contributed by atoms with E-state index in [9.17, 15) is 4.79 Å². The van der Waals surface area contributed by atoms with E-state index in [0.29, 0.717) is 36.7 Å². The van der Waals surface area contributed by atoms with Gasteiger partial charge in [-0.05, 0) is 50.5 Å². The van der Waals surface area contributed by atoms with Crippen LogP contribution in [-0.4, -0.2) is 27.7 Å². The highest BCUT2D eigenvalue weighted by Gasteiger charge is 2.14. The Bertz CT molecular complexity index is 881. The molecule has 0 spiro atoms. The number of benzene rings is 1. The molecule has 1 aromatic carbocycles. The van der Waals surface area contributed by atoms with Gasteiger partial charge in [-0.15, -0.1) is 0 Å². The van der Waals surface area contributed by atoms with E-state index in [1.807, 2.05) is 45.0 Å². The zero-order valence-electron chi connectivity index (χ0n) is 15.2. The van der Waals surface area contributed by atoms with E-state index < -0.39 is 0 Å². The molecule has 0 saturated heterocycles. The first-order chi connectivity index (χ1) is 12.5. The molecule has 0 aliphatic heterocycles. The van der Waals surface area contributed by atoms with E-state index in [1.165, 1.54) is 0 Å². The van der Waals surface area contributed by atoms with E-state index in [0.717, 1.165) is 22.3 Å². The molecule has 134 valence electrons. The van der Waals surface area contributed by atoms with E-state index in [1.54, 1.807) is 12.4 Å². The molecule has 3 rings (SSSR count). The number of pyridine rings is 1. The number of aromatic nitrogens is 3. The van der Waals surface area contributed by atoms with Crippen molar-refractivity contribution in [2.45, 2.75) is 33.6 Å². The number of rotatable bonds is 6. The second kappa shape index (κ2) is 7.91. The molecule has 0 fully saturated rings. The van der Waals surface area contributed by atoms with Crippen LogP contribution in [0.25, 0.3) is 11.4 Å². The Morgan fingerprint density at radius 3 is 2.65 bits per heavy atom. The maximum absolute atomic E-state index is 12.3. The van der Waals surface area contributed by atoms with Gasteiger partial charge in [-0.25, -0.2) is 4.79 Å². The minimum absolute atomic E-state index is 0.290. The van der Waals surface area contributed by atoms with Crippen LogP contribution in [0, 0.1) is 20.8 Å². The molecule has 3 aromatic rings. The van der Waals surface area contributed by atoms with Gasteiger partial charge >= 0.3 is 5.97 Å². The third-order valence-electron chi connectivity index (χ3n) is 4.04. The highest BCUT2D eigenvalue weighted by molar-refractivity contribution is 5.92. The SMILES string of the molecule is Cc1cc(C)c(C(=O)OCCCc2nc(-c3cccnc3)no2)c(C)c1. The molecule has 0 unspecified atom stereocenters. The molecule has 6 heteroatoms. The van der Waals surface area contributed by atoms with Gasteiger partial charge in [0.05, 0.1) is 12.2 Å². The lowest BCUT2D eigenvalue weighted by Crippen LogP contribution is -2.11. The minimum atomic E-state index is -0.290. The summed E-state index contributed by atoms with van der Waals surface area (Å²) in [6.45, 7) is 6.17. The van der Waals surface area contributed by atoms with Crippen LogP contribution in [0.2, 0.25) is 0 Å². The maximum Gasteiger partial charge on any atom is 0.338 e. The van der Waals surface area contributed by atoms with Crippen molar-refractivity contribution in [3.05, 3.63) is 64.8 Å². The number of esters is 1. The van der Waals surface area contributed by atoms with Crippen molar-refractivity contribution in [2.75, 3.05) is 6.61 Å². The van der Waals surface area contributed by atoms with Crippen LogP contribution in [0.4, 0.5) is 0 Å². The molecular weight excluding hydrogens is 330 g/mol. The molecule has 0 saturated carbocycles. The average molecular weight is 351 g/mol. The predicted octanol–water partition coefficient (Wildman–Crippen LogP) is 3.85. The Hall–Kier alpha value is -3.02. The van der Waals surface area contributed by atoms with Crippen molar-refractivity contribution in [3.8, 4) is 11.4 Å². The molecule has 2 heterocycles. The Balaban J connectivity index is 1.52. The lowest BCUT2D eigenvalue weighted by Gasteiger charge is -2.10. The van der Waals surface area contributed by atoms with Gasteiger partial charge in [0.25, 0.3) is 0 Å². The number of aryl methyl sites for hydroxylation is 4.